The largest absolute Gasteiger partial charge is 0.495 e. The Morgan fingerprint density at radius 2 is 1.89 bits per heavy atom. The molecule has 0 saturated heterocycles. The van der Waals surface area contributed by atoms with E-state index in [9.17, 15) is 9.59 Å². The summed E-state index contributed by atoms with van der Waals surface area (Å²) in [6.07, 6.45) is 1.68. The zero-order chi connectivity index (χ0) is 19.5. The van der Waals surface area contributed by atoms with Crippen LogP contribution in [0.3, 0.4) is 0 Å². The standard InChI is InChI=1S/C21H17N3O3S/c1-27-17-10-4-3-8-15(17)23-19(25)13-24-16-9-6-12-22-20(16)28-18-11-5-2-7-14(18)21(24)26/h2-12H,13H2,1H3,(H,23,25). The SMILES string of the molecule is COc1ccccc1NC(=O)CN1C(=O)c2ccccc2Sc2ncccc21. The van der Waals surface area contributed by atoms with Gasteiger partial charge in [0.2, 0.25) is 5.91 Å². The minimum atomic E-state index is -0.322. The Kier molecular flexibility index (Phi) is 4.99. The van der Waals surface area contributed by atoms with Gasteiger partial charge in [-0.2, -0.15) is 0 Å². The number of benzene rings is 2. The molecule has 1 aliphatic rings. The highest BCUT2D eigenvalue weighted by atomic mass is 32.2. The number of amides is 2. The summed E-state index contributed by atoms with van der Waals surface area (Å²) in [5, 5.41) is 3.51. The first-order chi connectivity index (χ1) is 13.7. The predicted molar refractivity (Wildman–Crippen MR) is 108 cm³/mol. The summed E-state index contributed by atoms with van der Waals surface area (Å²) in [5.74, 6) is 0.00284. The monoisotopic (exact) mass is 391 g/mol. The van der Waals surface area contributed by atoms with Crippen molar-refractivity contribution in [3.05, 3.63) is 72.4 Å². The lowest BCUT2D eigenvalue weighted by molar-refractivity contribution is -0.114. The second kappa shape index (κ2) is 7.74. The molecule has 7 heteroatoms. The molecule has 140 valence electrons. The topological polar surface area (TPSA) is 71.5 Å². The van der Waals surface area contributed by atoms with Crippen molar-refractivity contribution in [2.75, 3.05) is 23.9 Å². The number of aromatic nitrogens is 1. The lowest BCUT2D eigenvalue weighted by Gasteiger charge is -2.22. The molecule has 0 radical (unpaired) electrons. The lowest BCUT2D eigenvalue weighted by atomic mass is 10.2. The molecule has 0 unspecified atom stereocenters. The Labute approximate surface area is 166 Å². The highest BCUT2D eigenvalue weighted by molar-refractivity contribution is 7.99. The average molecular weight is 391 g/mol. The summed E-state index contributed by atoms with van der Waals surface area (Å²) in [6.45, 7) is -0.134. The van der Waals surface area contributed by atoms with Gasteiger partial charge >= 0.3 is 0 Å². The second-order valence-electron chi connectivity index (χ2n) is 6.07. The van der Waals surface area contributed by atoms with Crippen LogP contribution < -0.4 is 15.0 Å². The zero-order valence-electron chi connectivity index (χ0n) is 15.1. The molecule has 2 amide bonds. The molecule has 1 aromatic heterocycles. The van der Waals surface area contributed by atoms with Gasteiger partial charge in [0.25, 0.3) is 5.91 Å². The van der Waals surface area contributed by atoms with E-state index in [2.05, 4.69) is 10.3 Å². The Morgan fingerprint density at radius 3 is 2.75 bits per heavy atom. The third-order valence-corrected chi connectivity index (χ3v) is 5.38. The lowest BCUT2D eigenvalue weighted by Crippen LogP contribution is -2.38. The van der Waals surface area contributed by atoms with Crippen molar-refractivity contribution in [1.29, 1.82) is 0 Å². The van der Waals surface area contributed by atoms with Crippen LogP contribution in [0.2, 0.25) is 0 Å². The maximum Gasteiger partial charge on any atom is 0.259 e. The van der Waals surface area contributed by atoms with E-state index in [0.29, 0.717) is 27.7 Å². The van der Waals surface area contributed by atoms with Crippen LogP contribution in [-0.4, -0.2) is 30.5 Å². The molecule has 4 rings (SSSR count). The number of fused-ring (bicyclic) bond motifs is 2. The van der Waals surface area contributed by atoms with Crippen LogP contribution in [0, 0.1) is 0 Å². The van der Waals surface area contributed by atoms with Crippen molar-refractivity contribution in [3.63, 3.8) is 0 Å². The molecule has 2 aromatic carbocycles. The van der Waals surface area contributed by atoms with Crippen molar-refractivity contribution in [2.24, 2.45) is 0 Å². The van der Waals surface area contributed by atoms with Gasteiger partial charge in [0.1, 0.15) is 17.3 Å². The maximum absolute atomic E-state index is 13.2. The fourth-order valence-corrected chi connectivity index (χ4v) is 4.01. The number of methoxy groups -OCH3 is 1. The fourth-order valence-electron chi connectivity index (χ4n) is 3.00. The number of para-hydroxylation sites is 2. The predicted octanol–water partition coefficient (Wildman–Crippen LogP) is 3.84. The summed E-state index contributed by atoms with van der Waals surface area (Å²) < 4.78 is 5.27. The number of pyridine rings is 1. The maximum atomic E-state index is 13.2. The van der Waals surface area contributed by atoms with Crippen LogP contribution in [0.15, 0.2) is 76.8 Å². The number of nitrogens with zero attached hydrogens (tertiary/aromatic N) is 2. The van der Waals surface area contributed by atoms with E-state index >= 15 is 0 Å². The normalized spacial score (nSPS) is 12.6. The molecule has 0 spiro atoms. The number of hydrogen-bond acceptors (Lipinski definition) is 5. The van der Waals surface area contributed by atoms with Gasteiger partial charge in [-0.1, -0.05) is 36.0 Å². The van der Waals surface area contributed by atoms with Crippen molar-refractivity contribution >= 4 is 35.0 Å². The molecule has 2 heterocycles. The van der Waals surface area contributed by atoms with Gasteiger partial charge in [0.15, 0.2) is 0 Å². The first kappa shape index (κ1) is 18.1. The van der Waals surface area contributed by atoms with Crippen LogP contribution in [0.1, 0.15) is 10.4 Å². The molecule has 0 saturated carbocycles. The molecule has 1 aliphatic heterocycles. The summed E-state index contributed by atoms with van der Waals surface area (Å²) in [6, 6.07) is 18.0. The first-order valence-electron chi connectivity index (χ1n) is 8.64. The Balaban J connectivity index is 1.66. The van der Waals surface area contributed by atoms with Gasteiger partial charge in [0.05, 0.1) is 24.0 Å². The van der Waals surface area contributed by atoms with Crippen LogP contribution in [0.5, 0.6) is 5.75 Å². The summed E-state index contributed by atoms with van der Waals surface area (Å²) in [4.78, 5) is 32.6. The molecule has 3 aromatic rings. The summed E-state index contributed by atoms with van der Waals surface area (Å²) in [5.41, 5.74) is 1.72. The number of rotatable bonds is 4. The highest BCUT2D eigenvalue weighted by Crippen LogP contribution is 2.39. The molecule has 1 N–H and O–H groups in total. The minimum absolute atomic E-state index is 0.134. The molecular weight excluding hydrogens is 374 g/mol. The Morgan fingerprint density at radius 1 is 1.11 bits per heavy atom. The Hall–Kier alpha value is -3.32. The number of anilines is 2. The number of ether oxygens (including phenoxy) is 1. The van der Waals surface area contributed by atoms with E-state index in [0.717, 1.165) is 4.90 Å². The van der Waals surface area contributed by atoms with Gasteiger partial charge in [0, 0.05) is 11.1 Å². The molecule has 0 bridgehead atoms. The van der Waals surface area contributed by atoms with Crippen LogP contribution in [-0.2, 0) is 4.79 Å². The molecule has 28 heavy (non-hydrogen) atoms. The van der Waals surface area contributed by atoms with E-state index in [1.807, 2.05) is 24.3 Å². The molecule has 0 fully saturated rings. The van der Waals surface area contributed by atoms with Crippen LogP contribution >= 0.6 is 11.8 Å². The Bertz CT molecular complexity index is 1050. The molecule has 6 nitrogen and oxygen atoms in total. The van der Waals surface area contributed by atoms with Crippen LogP contribution in [0.25, 0.3) is 0 Å². The van der Waals surface area contributed by atoms with Crippen molar-refractivity contribution in [1.82, 2.24) is 4.98 Å². The second-order valence-corrected chi connectivity index (χ2v) is 7.10. The van der Waals surface area contributed by atoms with E-state index in [1.165, 1.54) is 16.7 Å². The molecule has 0 atom stereocenters. The molecular formula is C21H17N3O3S. The summed E-state index contributed by atoms with van der Waals surface area (Å²) >= 11 is 1.42. The number of hydrogen-bond donors (Lipinski definition) is 1. The van der Waals surface area contributed by atoms with E-state index < -0.39 is 0 Å². The van der Waals surface area contributed by atoms with Crippen molar-refractivity contribution in [2.45, 2.75) is 9.92 Å². The third kappa shape index (κ3) is 3.44. The number of carbonyl (C=O) groups excluding carboxylic acids is 2. The fraction of sp³-hybridized carbons (Fsp3) is 0.0952. The number of carbonyl (C=O) groups is 2. The first-order valence-corrected chi connectivity index (χ1v) is 9.45. The number of nitrogens with one attached hydrogen (secondary N) is 1. The van der Waals surface area contributed by atoms with Crippen molar-refractivity contribution < 1.29 is 14.3 Å². The van der Waals surface area contributed by atoms with Gasteiger partial charge in [-0.05, 0) is 36.4 Å². The highest BCUT2D eigenvalue weighted by Gasteiger charge is 2.29. The van der Waals surface area contributed by atoms with Crippen LogP contribution in [0.4, 0.5) is 11.4 Å². The van der Waals surface area contributed by atoms with E-state index in [1.54, 1.807) is 49.7 Å². The minimum Gasteiger partial charge on any atom is -0.495 e. The van der Waals surface area contributed by atoms with E-state index in [4.69, 9.17) is 4.74 Å². The smallest absolute Gasteiger partial charge is 0.259 e. The quantitative estimate of drug-likeness (QED) is 0.732. The molecule has 0 aliphatic carbocycles. The average Bonchev–Trinajstić information content (AvgIpc) is 2.83. The van der Waals surface area contributed by atoms with E-state index in [-0.39, 0.29) is 18.4 Å². The van der Waals surface area contributed by atoms with Gasteiger partial charge < -0.3 is 10.1 Å². The third-order valence-electron chi connectivity index (χ3n) is 4.29. The van der Waals surface area contributed by atoms with Gasteiger partial charge in [-0.25, -0.2) is 4.98 Å². The zero-order valence-corrected chi connectivity index (χ0v) is 15.9. The van der Waals surface area contributed by atoms with Crippen molar-refractivity contribution in [3.8, 4) is 5.75 Å². The van der Waals surface area contributed by atoms with Gasteiger partial charge in [-0.3, -0.25) is 14.5 Å². The van der Waals surface area contributed by atoms with Gasteiger partial charge in [-0.15, -0.1) is 0 Å². The summed E-state index contributed by atoms with van der Waals surface area (Å²) in [7, 11) is 1.54.